The highest BCUT2D eigenvalue weighted by molar-refractivity contribution is 6.06. The molecule has 0 aliphatic carbocycles. The summed E-state index contributed by atoms with van der Waals surface area (Å²) in [5.74, 6) is 1.94. The highest BCUT2D eigenvalue weighted by Gasteiger charge is 2.21. The maximum absolute atomic E-state index is 13.1. The maximum Gasteiger partial charge on any atom is 0.252 e. The molecule has 148 valence electrons. The zero-order valence-corrected chi connectivity index (χ0v) is 17.0. The van der Waals surface area contributed by atoms with Crippen LogP contribution in [0.4, 0.5) is 0 Å². The molecule has 4 rings (SSSR count). The van der Waals surface area contributed by atoms with Crippen molar-refractivity contribution in [1.29, 1.82) is 0 Å². The van der Waals surface area contributed by atoms with Crippen LogP contribution >= 0.6 is 0 Å². The zero-order chi connectivity index (χ0) is 19.8. The van der Waals surface area contributed by atoms with Crippen LogP contribution in [0.2, 0.25) is 0 Å². The van der Waals surface area contributed by atoms with Gasteiger partial charge < -0.3 is 9.88 Å². The highest BCUT2D eigenvalue weighted by atomic mass is 16.1. The highest BCUT2D eigenvalue weighted by Crippen LogP contribution is 2.25. The molecule has 3 aromatic rings. The van der Waals surface area contributed by atoms with Gasteiger partial charge in [0, 0.05) is 25.7 Å². The molecule has 0 radical (unpaired) electrons. The predicted molar refractivity (Wildman–Crippen MR) is 106 cm³/mol. The van der Waals surface area contributed by atoms with Crippen molar-refractivity contribution in [3.63, 3.8) is 0 Å². The largest absolute Gasteiger partial charge is 0.345 e. The van der Waals surface area contributed by atoms with Crippen LogP contribution in [0.1, 0.15) is 72.4 Å². The number of pyridine rings is 1. The number of fused-ring (bicyclic) bond motifs is 2. The average Bonchev–Trinajstić information content (AvgIpc) is 3.08. The lowest BCUT2D eigenvalue weighted by Crippen LogP contribution is -2.25. The molecule has 0 spiro atoms. The molecule has 0 saturated heterocycles. The number of rotatable bonds is 4. The van der Waals surface area contributed by atoms with Gasteiger partial charge in [-0.15, -0.1) is 10.2 Å². The van der Waals surface area contributed by atoms with E-state index in [1.807, 2.05) is 20.0 Å². The van der Waals surface area contributed by atoms with Crippen LogP contribution in [0.5, 0.6) is 0 Å². The van der Waals surface area contributed by atoms with Crippen molar-refractivity contribution in [2.45, 2.75) is 65.5 Å². The number of nitrogens with one attached hydrogen (secondary N) is 1. The van der Waals surface area contributed by atoms with Crippen molar-refractivity contribution in [2.75, 3.05) is 0 Å². The Balaban J connectivity index is 1.63. The Hall–Kier alpha value is -2.77. The molecule has 8 nitrogen and oxygen atoms in total. The summed E-state index contributed by atoms with van der Waals surface area (Å²) in [7, 11) is 1.86. The summed E-state index contributed by atoms with van der Waals surface area (Å²) in [6.45, 7) is 7.35. The van der Waals surface area contributed by atoms with Crippen molar-refractivity contribution in [2.24, 2.45) is 7.05 Å². The molecule has 1 N–H and O–H groups in total. The molecule has 0 fully saturated rings. The molecule has 4 heterocycles. The third kappa shape index (κ3) is 3.27. The molecule has 3 aromatic heterocycles. The lowest BCUT2D eigenvalue weighted by Gasteiger charge is -2.11. The molecule has 0 bridgehead atoms. The molecular formula is C20H27N7O. The number of aryl methyl sites for hydroxylation is 3. The van der Waals surface area contributed by atoms with Gasteiger partial charge in [-0.2, -0.15) is 5.10 Å². The molecular weight excluding hydrogens is 354 g/mol. The lowest BCUT2D eigenvalue weighted by atomic mass is 10.0. The Morgan fingerprint density at radius 3 is 2.86 bits per heavy atom. The Labute approximate surface area is 164 Å². The summed E-state index contributed by atoms with van der Waals surface area (Å²) in [4.78, 5) is 17.8. The van der Waals surface area contributed by atoms with Crippen molar-refractivity contribution in [3.05, 3.63) is 34.7 Å². The Morgan fingerprint density at radius 1 is 1.25 bits per heavy atom. The van der Waals surface area contributed by atoms with Gasteiger partial charge in [-0.25, -0.2) is 4.98 Å². The van der Waals surface area contributed by atoms with Gasteiger partial charge in [-0.3, -0.25) is 9.48 Å². The standard InChI is InChI=1S/C20H27N7O/c1-12(2)15-10-14(18-13(3)25-26(4)19(18)22-15)20(28)21-11-17-24-23-16-8-6-5-7-9-27(16)17/h10,12H,5-9,11H2,1-4H3,(H,21,28). The monoisotopic (exact) mass is 381 g/mol. The zero-order valence-electron chi connectivity index (χ0n) is 17.0. The van der Waals surface area contributed by atoms with Gasteiger partial charge in [-0.1, -0.05) is 20.3 Å². The van der Waals surface area contributed by atoms with E-state index in [-0.39, 0.29) is 11.8 Å². The number of aromatic nitrogens is 6. The average molecular weight is 381 g/mol. The number of nitrogens with zero attached hydrogens (tertiary/aromatic N) is 6. The fourth-order valence-corrected chi connectivity index (χ4v) is 3.87. The van der Waals surface area contributed by atoms with Gasteiger partial charge in [0.1, 0.15) is 5.82 Å². The first-order valence-electron chi connectivity index (χ1n) is 9.99. The number of hydrogen-bond acceptors (Lipinski definition) is 5. The van der Waals surface area contributed by atoms with E-state index in [0.29, 0.717) is 12.1 Å². The van der Waals surface area contributed by atoms with Crippen LogP contribution in [0.25, 0.3) is 11.0 Å². The van der Waals surface area contributed by atoms with Crippen LogP contribution in [0.15, 0.2) is 6.07 Å². The van der Waals surface area contributed by atoms with Gasteiger partial charge in [0.15, 0.2) is 11.5 Å². The number of carbonyl (C=O) groups is 1. The molecule has 0 atom stereocenters. The van der Waals surface area contributed by atoms with Crippen LogP contribution in [0.3, 0.4) is 0 Å². The number of carbonyl (C=O) groups excluding carboxylic acids is 1. The second-order valence-electron chi connectivity index (χ2n) is 7.83. The van der Waals surface area contributed by atoms with E-state index in [1.54, 1.807) is 4.68 Å². The number of amides is 1. The molecule has 0 unspecified atom stereocenters. The molecule has 1 amide bonds. The van der Waals surface area contributed by atoms with Crippen LogP contribution < -0.4 is 5.32 Å². The third-order valence-corrected chi connectivity index (χ3v) is 5.42. The SMILES string of the molecule is Cc1nn(C)c2nc(C(C)C)cc(C(=O)NCc3nnc4n3CCCCC4)c12. The van der Waals surface area contributed by atoms with Gasteiger partial charge >= 0.3 is 0 Å². The fourth-order valence-electron chi connectivity index (χ4n) is 3.87. The summed E-state index contributed by atoms with van der Waals surface area (Å²) in [6.07, 6.45) is 4.45. The smallest absolute Gasteiger partial charge is 0.252 e. The van der Waals surface area contributed by atoms with E-state index in [1.165, 1.54) is 6.42 Å². The number of hydrogen-bond donors (Lipinski definition) is 1. The van der Waals surface area contributed by atoms with Crippen LogP contribution in [-0.4, -0.2) is 35.4 Å². The Bertz CT molecular complexity index is 1030. The van der Waals surface area contributed by atoms with Gasteiger partial charge in [-0.05, 0) is 31.7 Å². The first-order valence-corrected chi connectivity index (χ1v) is 9.99. The Morgan fingerprint density at radius 2 is 2.07 bits per heavy atom. The first-order chi connectivity index (χ1) is 13.5. The third-order valence-electron chi connectivity index (χ3n) is 5.42. The van der Waals surface area contributed by atoms with Gasteiger partial charge in [0.2, 0.25) is 0 Å². The van der Waals surface area contributed by atoms with Crippen molar-refractivity contribution in [1.82, 2.24) is 34.8 Å². The second-order valence-corrected chi connectivity index (χ2v) is 7.83. The second kappa shape index (κ2) is 7.33. The van der Waals surface area contributed by atoms with Crippen molar-refractivity contribution in [3.8, 4) is 0 Å². The van der Waals surface area contributed by atoms with E-state index >= 15 is 0 Å². The molecule has 28 heavy (non-hydrogen) atoms. The molecule has 0 aromatic carbocycles. The van der Waals surface area contributed by atoms with Crippen LogP contribution in [-0.2, 0) is 26.6 Å². The predicted octanol–water partition coefficient (Wildman–Crippen LogP) is 2.65. The molecule has 1 aliphatic heterocycles. The maximum atomic E-state index is 13.1. The lowest BCUT2D eigenvalue weighted by molar-refractivity contribution is 0.0951. The van der Waals surface area contributed by atoms with Crippen molar-refractivity contribution >= 4 is 16.9 Å². The summed E-state index contributed by atoms with van der Waals surface area (Å²) >= 11 is 0. The summed E-state index contributed by atoms with van der Waals surface area (Å²) in [5, 5.41) is 16.9. The molecule has 0 saturated carbocycles. The minimum Gasteiger partial charge on any atom is -0.345 e. The van der Waals surface area contributed by atoms with Gasteiger partial charge in [0.25, 0.3) is 5.91 Å². The quantitative estimate of drug-likeness (QED) is 0.750. The topological polar surface area (TPSA) is 90.5 Å². The van der Waals surface area contributed by atoms with E-state index in [2.05, 4.69) is 39.0 Å². The van der Waals surface area contributed by atoms with E-state index < -0.39 is 0 Å². The van der Waals surface area contributed by atoms with E-state index in [0.717, 1.165) is 59.9 Å². The first kappa shape index (κ1) is 18.6. The summed E-state index contributed by atoms with van der Waals surface area (Å²) in [5.41, 5.74) is 3.05. The minimum atomic E-state index is -0.128. The minimum absolute atomic E-state index is 0.128. The normalized spacial score (nSPS) is 14.3. The van der Waals surface area contributed by atoms with Crippen LogP contribution in [0, 0.1) is 6.92 Å². The van der Waals surface area contributed by atoms with Crippen molar-refractivity contribution < 1.29 is 4.79 Å². The molecule has 1 aliphatic rings. The van der Waals surface area contributed by atoms with E-state index in [4.69, 9.17) is 4.98 Å². The van der Waals surface area contributed by atoms with Gasteiger partial charge in [0.05, 0.1) is 23.2 Å². The molecule has 8 heteroatoms. The fraction of sp³-hybridized carbons (Fsp3) is 0.550. The van der Waals surface area contributed by atoms with E-state index in [9.17, 15) is 4.79 Å². The summed E-state index contributed by atoms with van der Waals surface area (Å²) in [6, 6.07) is 1.89. The Kier molecular flexibility index (Phi) is 4.87. The summed E-state index contributed by atoms with van der Waals surface area (Å²) < 4.78 is 3.90.